The number of allylic oxidation sites excluding steroid dienone is 1. The van der Waals surface area contributed by atoms with Gasteiger partial charge in [0, 0.05) is 43.7 Å². The van der Waals surface area contributed by atoms with Crippen LogP contribution in [-0.2, 0) is 33.4 Å². The zero-order chi connectivity index (χ0) is 48.5. The number of nitrogens with zero attached hydrogens (tertiary/aromatic N) is 2. The molecule has 0 radical (unpaired) electrons. The van der Waals surface area contributed by atoms with Gasteiger partial charge in [0.25, 0.3) is 17.7 Å². The van der Waals surface area contributed by atoms with E-state index < -0.39 is 70.9 Å². The number of benzene rings is 4. The number of aliphatic hydroxyl groups excluding tert-OH is 2. The summed E-state index contributed by atoms with van der Waals surface area (Å²) in [7, 11) is 3.05. The van der Waals surface area contributed by atoms with E-state index in [4.69, 9.17) is 29.4 Å². The van der Waals surface area contributed by atoms with Crippen LogP contribution in [-0.4, -0.2) is 114 Å². The van der Waals surface area contributed by atoms with Crippen LogP contribution in [0.3, 0.4) is 0 Å². The van der Waals surface area contributed by atoms with Crippen LogP contribution < -0.4 is 30.7 Å². The number of aliphatic hydroxyl groups is 2. The third-order valence-corrected chi connectivity index (χ3v) is 12.1. The lowest BCUT2D eigenvalue weighted by molar-refractivity contribution is -0.148. The minimum Gasteiger partial charge on any atom is -0.513 e. The second kappa shape index (κ2) is 19.3. The summed E-state index contributed by atoms with van der Waals surface area (Å²) < 4.78 is 27.1. The number of esters is 2. The number of carbonyl (C=O) groups excluding carboxylic acids is 6. The molecule has 7 atom stereocenters. The van der Waals surface area contributed by atoms with Gasteiger partial charge in [0.15, 0.2) is 11.9 Å². The molecule has 3 amide bonds. The number of ether oxygens (including phenoxy) is 5. The molecule has 0 aromatic heterocycles. The minimum atomic E-state index is -1.58. The fraction of sp³-hybridized carbons (Fsp3) is 0.347. The molecule has 6 N–H and O–H groups in total. The average Bonchev–Trinajstić information content (AvgIpc) is 4.24. The molecule has 4 heterocycles. The van der Waals surface area contributed by atoms with Crippen molar-refractivity contribution in [3.05, 3.63) is 124 Å². The highest BCUT2D eigenvalue weighted by Crippen LogP contribution is 2.43. The van der Waals surface area contributed by atoms with Crippen molar-refractivity contribution in [2.24, 2.45) is 5.73 Å². The van der Waals surface area contributed by atoms with Crippen LogP contribution in [0.4, 0.5) is 5.69 Å². The Morgan fingerprint density at radius 1 is 0.925 bits per heavy atom. The zero-order valence-corrected chi connectivity index (χ0v) is 38.0. The topological polar surface area (TPSA) is 249 Å². The molecule has 4 aromatic carbocycles. The summed E-state index contributed by atoms with van der Waals surface area (Å²) in [5.41, 5.74) is 7.53. The van der Waals surface area contributed by atoms with Crippen LogP contribution in [0.5, 0.6) is 11.5 Å². The van der Waals surface area contributed by atoms with Crippen LogP contribution >= 0.6 is 0 Å². The van der Waals surface area contributed by atoms with E-state index in [1.807, 2.05) is 67.3 Å². The number of nitrogens with two attached hydrogens (primary N) is 1. The third-order valence-electron chi connectivity index (χ3n) is 12.1. The average molecular weight is 920 g/mol. The Balaban J connectivity index is 0.000000252. The van der Waals surface area contributed by atoms with Gasteiger partial charge in [-0.3, -0.25) is 24.0 Å². The van der Waals surface area contributed by atoms with E-state index in [2.05, 4.69) is 10.6 Å². The van der Waals surface area contributed by atoms with Gasteiger partial charge in [-0.15, -0.1) is 0 Å². The molecule has 18 heteroatoms. The SMILES string of the molecule is COc1cc(C(=O)O[C@H](C(=O)N/C(C(=O)N/C(=C\O)C(C)=O)=C2\[C@@H](OC(C)=O)[C@H](O)[C@@H]3CN23)[C@]2(C)CO2)c2cccc(C)c2c1.COc1cccc(C(=O)N2c3ccccc3C(N)CC2C)c1. The number of nitrogens with one attached hydrogen (secondary N) is 2. The van der Waals surface area contributed by atoms with Gasteiger partial charge < -0.3 is 60.1 Å². The Morgan fingerprint density at radius 3 is 2.28 bits per heavy atom. The predicted octanol–water partition coefficient (Wildman–Crippen LogP) is 4.03. The molecule has 3 saturated heterocycles. The van der Waals surface area contributed by atoms with Crippen molar-refractivity contribution < 1.29 is 62.7 Å². The van der Waals surface area contributed by atoms with Gasteiger partial charge in [-0.05, 0) is 85.5 Å². The van der Waals surface area contributed by atoms with E-state index in [0.717, 1.165) is 42.5 Å². The van der Waals surface area contributed by atoms with Gasteiger partial charge in [0.2, 0.25) is 6.10 Å². The number of methoxy groups -OCH3 is 2. The minimum absolute atomic E-state index is 0.0225. The molecule has 4 aliphatic heterocycles. The highest BCUT2D eigenvalue weighted by Gasteiger charge is 2.59. The second-order valence-electron chi connectivity index (χ2n) is 16.9. The normalized spacial score (nSPS) is 23.5. The van der Waals surface area contributed by atoms with E-state index in [1.54, 1.807) is 43.2 Å². The standard InChI is InChI=1S/C31H33N3O11.C18H20N2O2/c1-14-7-6-8-18-19(14)9-17(42-5)10-20(18)30(41)45-27(31(4)13-43-31)29(40)33-23(28(39)32-21(12-35)15(2)36)24-26(44-16(3)37)25(38)22-11-34(22)24;1-12-10-16(19)15-8-3-4-9-17(15)20(12)18(21)13-6-5-7-14(11-13)22-2/h6-10,12,22,25-27,35,38H,11,13H2,1-5H3,(H,32,39)(H,33,40);3-9,11-12,16H,10,19H2,1-2H3/b21-12-,24-23+;/t22-,25+,26+,27+,31-,34?;/m0./s1. The number of amides is 3. The summed E-state index contributed by atoms with van der Waals surface area (Å²) >= 11 is 0. The largest absolute Gasteiger partial charge is 0.513 e. The van der Waals surface area contributed by atoms with Crippen molar-refractivity contribution in [3.63, 3.8) is 0 Å². The first-order valence-corrected chi connectivity index (χ1v) is 21.5. The van der Waals surface area contributed by atoms with Crippen molar-refractivity contribution in [1.82, 2.24) is 15.5 Å². The Bertz CT molecular complexity index is 2710. The molecule has 4 aliphatic rings. The molecule has 0 saturated carbocycles. The summed E-state index contributed by atoms with van der Waals surface area (Å²) in [5.74, 6) is -3.29. The molecule has 3 fully saturated rings. The van der Waals surface area contributed by atoms with Gasteiger partial charge in [-0.2, -0.15) is 0 Å². The van der Waals surface area contributed by atoms with Crippen LogP contribution in [0.25, 0.3) is 10.8 Å². The summed E-state index contributed by atoms with van der Waals surface area (Å²) in [6.45, 7) is 8.02. The highest BCUT2D eigenvalue weighted by molar-refractivity contribution is 6.09. The maximum Gasteiger partial charge on any atom is 0.339 e. The van der Waals surface area contributed by atoms with Crippen LogP contribution in [0.2, 0.25) is 0 Å². The van der Waals surface area contributed by atoms with E-state index in [0.29, 0.717) is 28.7 Å². The first-order valence-electron chi connectivity index (χ1n) is 21.5. The number of hydrogen-bond acceptors (Lipinski definition) is 15. The number of anilines is 1. The van der Waals surface area contributed by atoms with Gasteiger partial charge in [0.05, 0.1) is 38.1 Å². The van der Waals surface area contributed by atoms with Crippen LogP contribution in [0, 0.1) is 6.92 Å². The fourth-order valence-electron chi connectivity index (χ4n) is 8.41. The number of piperidine rings is 1. The number of epoxide rings is 1. The molecule has 0 aliphatic carbocycles. The molecule has 4 aromatic rings. The number of aryl methyl sites for hydroxylation is 1. The van der Waals surface area contributed by atoms with E-state index in [-0.39, 0.29) is 42.4 Å². The number of fused-ring (bicyclic) bond motifs is 3. The predicted molar refractivity (Wildman–Crippen MR) is 243 cm³/mol. The van der Waals surface area contributed by atoms with Crippen LogP contribution in [0.1, 0.15) is 72.0 Å². The molecule has 18 nitrogen and oxygen atoms in total. The quantitative estimate of drug-likeness (QED) is 0.0583. The second-order valence-corrected chi connectivity index (χ2v) is 16.9. The maximum atomic E-state index is 13.9. The third kappa shape index (κ3) is 9.82. The van der Waals surface area contributed by atoms with Crippen LogP contribution in [0.15, 0.2) is 102 Å². The van der Waals surface area contributed by atoms with Crippen molar-refractivity contribution in [2.75, 3.05) is 32.3 Å². The fourth-order valence-corrected chi connectivity index (χ4v) is 8.41. The molecule has 67 heavy (non-hydrogen) atoms. The number of Topliss-reactive ketones (excluding diaryl/α,β-unsaturated/α-hetero) is 1. The molecular formula is C49H53N5O13. The molecule has 2 unspecified atom stereocenters. The maximum absolute atomic E-state index is 13.9. The van der Waals surface area contributed by atoms with Crippen molar-refractivity contribution >= 4 is 51.9 Å². The number of carbonyl (C=O) groups is 6. The number of rotatable bonds is 12. The number of hydrogen-bond donors (Lipinski definition) is 5. The van der Waals surface area contributed by atoms with Crippen molar-refractivity contribution in [1.29, 1.82) is 0 Å². The van der Waals surface area contributed by atoms with Gasteiger partial charge in [-0.25, -0.2) is 4.79 Å². The van der Waals surface area contributed by atoms with Gasteiger partial charge in [0.1, 0.15) is 40.9 Å². The molecule has 0 spiro atoms. The Labute approximate surface area is 386 Å². The summed E-state index contributed by atoms with van der Waals surface area (Å²) in [5, 5.41) is 26.2. The van der Waals surface area contributed by atoms with Crippen molar-refractivity contribution in [3.8, 4) is 11.5 Å². The smallest absolute Gasteiger partial charge is 0.339 e. The lowest BCUT2D eigenvalue weighted by atomic mass is 9.92. The monoisotopic (exact) mass is 919 g/mol. The van der Waals surface area contributed by atoms with Gasteiger partial charge >= 0.3 is 11.9 Å². The molecule has 0 bridgehead atoms. The summed E-state index contributed by atoms with van der Waals surface area (Å²) in [4.78, 5) is 81.3. The number of para-hydroxylation sites is 1. The first kappa shape index (κ1) is 47.7. The van der Waals surface area contributed by atoms with E-state index in [1.165, 1.54) is 13.2 Å². The Morgan fingerprint density at radius 2 is 1.63 bits per heavy atom. The lowest BCUT2D eigenvalue weighted by Gasteiger charge is -2.38. The van der Waals surface area contributed by atoms with Crippen molar-refractivity contribution in [2.45, 2.75) is 83.1 Å². The Hall–Kier alpha value is -7.28. The highest BCUT2D eigenvalue weighted by atomic mass is 16.6. The number of ketones is 1. The summed E-state index contributed by atoms with van der Waals surface area (Å²) in [6.07, 6.45) is -2.98. The summed E-state index contributed by atoms with van der Waals surface area (Å²) in [6, 6.07) is 23.3. The Kier molecular flexibility index (Phi) is 13.7. The molecule has 8 rings (SSSR count). The zero-order valence-electron chi connectivity index (χ0n) is 38.0. The molecular weight excluding hydrogens is 867 g/mol. The van der Waals surface area contributed by atoms with Gasteiger partial charge in [-0.1, -0.05) is 42.5 Å². The van der Waals surface area contributed by atoms with E-state index in [9.17, 15) is 39.0 Å². The van der Waals surface area contributed by atoms with E-state index >= 15 is 0 Å². The lowest BCUT2D eigenvalue weighted by Crippen LogP contribution is -2.49. The molecule has 352 valence electrons. The first-order chi connectivity index (χ1) is 31.9.